The fraction of sp³-hybridized carbons (Fsp3) is 0.462. The molecule has 2 nitrogen and oxygen atoms in total. The van der Waals surface area contributed by atoms with Crippen molar-refractivity contribution < 1.29 is 9.53 Å². The van der Waals surface area contributed by atoms with Gasteiger partial charge in [-0.2, -0.15) is 0 Å². The van der Waals surface area contributed by atoms with Crippen LogP contribution in [0.1, 0.15) is 24.0 Å². The highest BCUT2D eigenvalue weighted by molar-refractivity contribution is 5.91. The van der Waals surface area contributed by atoms with Gasteiger partial charge in [0.2, 0.25) is 0 Å². The molecule has 0 aromatic heterocycles. The first kappa shape index (κ1) is 10.4. The van der Waals surface area contributed by atoms with Crippen LogP contribution in [0.3, 0.4) is 0 Å². The lowest BCUT2D eigenvalue weighted by Crippen LogP contribution is -2.26. The van der Waals surface area contributed by atoms with Gasteiger partial charge in [-0.15, -0.1) is 0 Å². The van der Waals surface area contributed by atoms with E-state index in [9.17, 15) is 4.79 Å². The molecule has 80 valence electrons. The molecule has 0 atom stereocenters. The van der Waals surface area contributed by atoms with Crippen molar-refractivity contribution in [2.24, 2.45) is 0 Å². The van der Waals surface area contributed by atoms with E-state index in [4.69, 9.17) is 4.74 Å². The van der Waals surface area contributed by atoms with Gasteiger partial charge in [0.25, 0.3) is 0 Å². The molecule has 1 aliphatic carbocycles. The zero-order chi connectivity index (χ0) is 10.9. The number of ether oxygens (including phenoxy) is 1. The molecular weight excluding hydrogens is 188 g/mol. The molecule has 15 heavy (non-hydrogen) atoms. The summed E-state index contributed by atoms with van der Waals surface area (Å²) in [7, 11) is 1.63. The predicted molar refractivity (Wildman–Crippen MR) is 58.9 cm³/mol. The van der Waals surface area contributed by atoms with E-state index < -0.39 is 5.60 Å². The molecule has 2 heteroatoms. The van der Waals surface area contributed by atoms with Crippen LogP contribution in [0.2, 0.25) is 0 Å². The van der Waals surface area contributed by atoms with E-state index in [1.807, 2.05) is 31.2 Å². The largest absolute Gasteiger partial charge is 0.370 e. The summed E-state index contributed by atoms with van der Waals surface area (Å²) in [6, 6.07) is 8.10. The third-order valence-electron chi connectivity index (χ3n) is 3.09. The number of hydrogen-bond acceptors (Lipinski definition) is 2. The van der Waals surface area contributed by atoms with Crippen molar-refractivity contribution >= 4 is 5.78 Å². The maximum Gasteiger partial charge on any atom is 0.168 e. The third kappa shape index (κ3) is 2.10. The summed E-state index contributed by atoms with van der Waals surface area (Å²) in [5.41, 5.74) is 1.86. The molecule has 0 spiro atoms. The number of Topliss-reactive ketones (excluding diaryl/α,β-unsaturated/α-hetero) is 1. The Bertz CT molecular complexity index is 361. The Morgan fingerprint density at radius 2 is 1.93 bits per heavy atom. The molecule has 0 bridgehead atoms. The number of methoxy groups -OCH3 is 1. The Hall–Kier alpha value is -1.15. The summed E-state index contributed by atoms with van der Waals surface area (Å²) in [6.45, 7) is 2.04. The van der Waals surface area contributed by atoms with Gasteiger partial charge >= 0.3 is 0 Å². The number of ketones is 1. The zero-order valence-corrected chi connectivity index (χ0v) is 9.25. The van der Waals surface area contributed by atoms with Crippen molar-refractivity contribution in [1.82, 2.24) is 0 Å². The Labute approximate surface area is 90.3 Å². The van der Waals surface area contributed by atoms with Gasteiger partial charge in [0.15, 0.2) is 5.78 Å². The standard InChI is InChI=1S/C13H16O2/c1-10-3-5-11(6-4-10)9-12(14)13(15-2)7-8-13/h3-6H,7-9H2,1-2H3. The first-order valence-corrected chi connectivity index (χ1v) is 5.30. The van der Waals surface area contributed by atoms with Crippen LogP contribution in [0.15, 0.2) is 24.3 Å². The SMILES string of the molecule is COC1(C(=O)Cc2ccc(C)cc2)CC1. The van der Waals surface area contributed by atoms with Crippen LogP contribution in [0.4, 0.5) is 0 Å². The number of carbonyl (C=O) groups excluding carboxylic acids is 1. The minimum atomic E-state index is -0.440. The summed E-state index contributed by atoms with van der Waals surface area (Å²) >= 11 is 0. The van der Waals surface area contributed by atoms with Gasteiger partial charge in [-0.25, -0.2) is 0 Å². The molecular formula is C13H16O2. The average Bonchev–Trinajstić information content (AvgIpc) is 3.02. The van der Waals surface area contributed by atoms with E-state index >= 15 is 0 Å². The Morgan fingerprint density at radius 1 is 1.33 bits per heavy atom. The minimum Gasteiger partial charge on any atom is -0.370 e. The molecule has 0 unspecified atom stereocenters. The van der Waals surface area contributed by atoms with Gasteiger partial charge < -0.3 is 4.74 Å². The monoisotopic (exact) mass is 204 g/mol. The van der Waals surface area contributed by atoms with Gasteiger partial charge in [0.05, 0.1) is 0 Å². The van der Waals surface area contributed by atoms with Crippen LogP contribution in [0, 0.1) is 6.92 Å². The lowest BCUT2D eigenvalue weighted by atomic mass is 10.0. The summed E-state index contributed by atoms with van der Waals surface area (Å²) in [4.78, 5) is 11.9. The van der Waals surface area contributed by atoms with Crippen LogP contribution in [0.25, 0.3) is 0 Å². The number of benzene rings is 1. The minimum absolute atomic E-state index is 0.217. The molecule has 1 aliphatic rings. The number of rotatable bonds is 4. The van der Waals surface area contributed by atoms with Crippen LogP contribution in [0.5, 0.6) is 0 Å². The lowest BCUT2D eigenvalue weighted by Gasteiger charge is -2.11. The molecule has 0 radical (unpaired) electrons. The molecule has 1 aromatic rings. The third-order valence-corrected chi connectivity index (χ3v) is 3.09. The van der Waals surface area contributed by atoms with Crippen molar-refractivity contribution in [3.05, 3.63) is 35.4 Å². The van der Waals surface area contributed by atoms with Gasteiger partial charge in [-0.1, -0.05) is 29.8 Å². The summed E-state index contributed by atoms with van der Waals surface area (Å²) < 4.78 is 5.26. The molecule has 0 N–H and O–H groups in total. The highest BCUT2D eigenvalue weighted by Crippen LogP contribution is 2.40. The van der Waals surface area contributed by atoms with E-state index in [-0.39, 0.29) is 5.78 Å². The van der Waals surface area contributed by atoms with Crippen LogP contribution < -0.4 is 0 Å². The van der Waals surface area contributed by atoms with E-state index in [2.05, 4.69) is 0 Å². The quantitative estimate of drug-likeness (QED) is 0.752. The highest BCUT2D eigenvalue weighted by Gasteiger charge is 2.49. The molecule has 0 aliphatic heterocycles. The zero-order valence-electron chi connectivity index (χ0n) is 9.25. The van der Waals surface area contributed by atoms with Crippen molar-refractivity contribution in [3.8, 4) is 0 Å². The fourth-order valence-corrected chi connectivity index (χ4v) is 1.76. The van der Waals surface area contributed by atoms with Crippen molar-refractivity contribution in [3.63, 3.8) is 0 Å². The van der Waals surface area contributed by atoms with Gasteiger partial charge in [0.1, 0.15) is 5.60 Å². The second kappa shape index (κ2) is 3.78. The molecule has 1 saturated carbocycles. The topological polar surface area (TPSA) is 26.3 Å². The second-order valence-electron chi connectivity index (χ2n) is 4.28. The van der Waals surface area contributed by atoms with Crippen molar-refractivity contribution in [2.45, 2.75) is 31.8 Å². The number of aryl methyl sites for hydroxylation is 1. The van der Waals surface area contributed by atoms with E-state index in [0.29, 0.717) is 6.42 Å². The molecule has 1 fully saturated rings. The number of carbonyl (C=O) groups is 1. The second-order valence-corrected chi connectivity index (χ2v) is 4.28. The molecule has 2 rings (SSSR count). The van der Waals surface area contributed by atoms with Gasteiger partial charge in [-0.05, 0) is 25.3 Å². The first-order chi connectivity index (χ1) is 7.16. The molecule has 0 saturated heterocycles. The van der Waals surface area contributed by atoms with Crippen molar-refractivity contribution in [1.29, 1.82) is 0 Å². The molecule has 1 aromatic carbocycles. The van der Waals surface area contributed by atoms with E-state index in [1.165, 1.54) is 5.56 Å². The van der Waals surface area contributed by atoms with Gasteiger partial charge in [-0.3, -0.25) is 4.79 Å². The smallest absolute Gasteiger partial charge is 0.168 e. The van der Waals surface area contributed by atoms with Crippen molar-refractivity contribution in [2.75, 3.05) is 7.11 Å². The summed E-state index contributed by atoms with van der Waals surface area (Å²) in [5, 5.41) is 0. The summed E-state index contributed by atoms with van der Waals surface area (Å²) in [6.07, 6.45) is 2.26. The Morgan fingerprint density at radius 3 is 2.40 bits per heavy atom. The van der Waals surface area contributed by atoms with Crippen LogP contribution in [-0.2, 0) is 16.0 Å². The lowest BCUT2D eigenvalue weighted by molar-refractivity contribution is -0.130. The Kier molecular flexibility index (Phi) is 2.61. The first-order valence-electron chi connectivity index (χ1n) is 5.30. The maximum absolute atomic E-state index is 11.9. The van der Waals surface area contributed by atoms with E-state index in [1.54, 1.807) is 7.11 Å². The average molecular weight is 204 g/mol. The number of hydrogen-bond donors (Lipinski definition) is 0. The van der Waals surface area contributed by atoms with Gasteiger partial charge in [0, 0.05) is 13.5 Å². The van der Waals surface area contributed by atoms with Crippen LogP contribution >= 0.6 is 0 Å². The van der Waals surface area contributed by atoms with Crippen LogP contribution in [-0.4, -0.2) is 18.5 Å². The predicted octanol–water partition coefficient (Wildman–Crippen LogP) is 2.29. The maximum atomic E-state index is 11.9. The normalized spacial score (nSPS) is 17.5. The highest BCUT2D eigenvalue weighted by atomic mass is 16.5. The molecule has 0 amide bonds. The Balaban J connectivity index is 2.03. The summed E-state index contributed by atoms with van der Waals surface area (Å²) in [5.74, 6) is 0.217. The fourth-order valence-electron chi connectivity index (χ4n) is 1.76. The molecule has 0 heterocycles. The van der Waals surface area contributed by atoms with E-state index in [0.717, 1.165) is 18.4 Å².